The van der Waals surface area contributed by atoms with Gasteiger partial charge in [-0.2, -0.15) is 0 Å². The average molecular weight is 450 g/mol. The molecular weight excluding hydrogens is 422 g/mol. The van der Waals surface area contributed by atoms with E-state index in [4.69, 9.17) is 4.74 Å². The Bertz CT molecular complexity index is 1030. The molecule has 1 aliphatic heterocycles. The molecule has 32 heavy (non-hydrogen) atoms. The van der Waals surface area contributed by atoms with E-state index in [9.17, 15) is 9.59 Å². The van der Waals surface area contributed by atoms with Gasteiger partial charge in [0.25, 0.3) is 0 Å². The molecule has 2 aromatic heterocycles. The first-order valence-electron chi connectivity index (χ1n) is 10.8. The fraction of sp³-hybridized carbons (Fsp3) is 0.320. The number of pyridine rings is 1. The molecule has 1 aromatic carbocycles. The zero-order valence-electron chi connectivity index (χ0n) is 18.1. The van der Waals surface area contributed by atoms with Gasteiger partial charge < -0.3 is 10.1 Å². The lowest BCUT2D eigenvalue weighted by molar-refractivity contribution is -0.126. The topological polar surface area (TPSA) is 71.5 Å². The number of aromatic nitrogens is 1. The van der Waals surface area contributed by atoms with Gasteiger partial charge in [-0.05, 0) is 66.6 Å². The number of amides is 2. The summed E-state index contributed by atoms with van der Waals surface area (Å²) in [7, 11) is 0. The number of ether oxygens (including phenoxy) is 1. The third-order valence-electron chi connectivity index (χ3n) is 5.51. The Morgan fingerprint density at radius 3 is 2.75 bits per heavy atom. The van der Waals surface area contributed by atoms with Crippen molar-refractivity contribution in [3.8, 4) is 0 Å². The van der Waals surface area contributed by atoms with Crippen LogP contribution in [0.1, 0.15) is 34.9 Å². The number of hydrogen-bond donors (Lipinski definition) is 1. The van der Waals surface area contributed by atoms with Crippen molar-refractivity contribution in [2.24, 2.45) is 0 Å². The maximum atomic E-state index is 13.6. The maximum absolute atomic E-state index is 13.6. The maximum Gasteiger partial charge on any atom is 0.247 e. The molecule has 1 aliphatic rings. The Morgan fingerprint density at radius 1 is 1.22 bits per heavy atom. The Hall–Kier alpha value is -3.03. The molecule has 0 saturated carbocycles. The average Bonchev–Trinajstić information content (AvgIpc) is 3.50. The van der Waals surface area contributed by atoms with Crippen LogP contribution in [0.4, 0.5) is 5.69 Å². The minimum absolute atomic E-state index is 0.0197. The van der Waals surface area contributed by atoms with Crippen molar-refractivity contribution in [3.63, 3.8) is 0 Å². The normalized spacial score (nSPS) is 16.5. The van der Waals surface area contributed by atoms with Crippen molar-refractivity contribution >= 4 is 28.8 Å². The Morgan fingerprint density at radius 2 is 2.06 bits per heavy atom. The molecule has 0 aliphatic carbocycles. The SMILES string of the molecule is Cc1cccc(N(C(=O)Cc2cccs2)[C@H](C(=O)NC[C@@H]2CCCO2)c2ccncc2)c1. The van der Waals surface area contributed by atoms with Gasteiger partial charge in [0, 0.05) is 36.1 Å². The van der Waals surface area contributed by atoms with E-state index in [1.165, 1.54) is 11.3 Å². The van der Waals surface area contributed by atoms with Crippen LogP contribution < -0.4 is 10.2 Å². The van der Waals surface area contributed by atoms with E-state index in [1.807, 2.05) is 48.7 Å². The van der Waals surface area contributed by atoms with Crippen molar-refractivity contribution in [1.29, 1.82) is 0 Å². The fourth-order valence-corrected chi connectivity index (χ4v) is 4.64. The van der Waals surface area contributed by atoms with E-state index >= 15 is 0 Å². The molecule has 0 spiro atoms. The predicted molar refractivity (Wildman–Crippen MR) is 126 cm³/mol. The molecule has 6 nitrogen and oxygen atoms in total. The molecule has 166 valence electrons. The van der Waals surface area contributed by atoms with Crippen LogP contribution >= 0.6 is 11.3 Å². The number of rotatable bonds is 8. The van der Waals surface area contributed by atoms with E-state index in [2.05, 4.69) is 10.3 Å². The highest BCUT2D eigenvalue weighted by atomic mass is 32.1. The van der Waals surface area contributed by atoms with E-state index in [1.54, 1.807) is 29.4 Å². The first-order chi connectivity index (χ1) is 15.6. The van der Waals surface area contributed by atoms with E-state index in [0.29, 0.717) is 17.8 Å². The van der Waals surface area contributed by atoms with Crippen LogP contribution in [0.3, 0.4) is 0 Å². The number of hydrogen-bond acceptors (Lipinski definition) is 5. The lowest BCUT2D eigenvalue weighted by Crippen LogP contribution is -2.46. The van der Waals surface area contributed by atoms with E-state index in [0.717, 1.165) is 29.9 Å². The standard InChI is InChI=1S/C25H27N3O3S/c1-18-5-2-6-20(15-18)28(23(29)16-22-8-4-14-32-22)24(19-9-11-26-12-10-19)25(30)27-17-21-7-3-13-31-21/h2,4-6,8-12,14-15,21,24H,3,7,13,16-17H2,1H3,(H,27,30)/t21-,24-/m0/s1. The predicted octanol–water partition coefficient (Wildman–Crippen LogP) is 4.06. The summed E-state index contributed by atoms with van der Waals surface area (Å²) >= 11 is 1.54. The van der Waals surface area contributed by atoms with Crippen LogP contribution in [0.15, 0.2) is 66.3 Å². The molecule has 1 saturated heterocycles. The van der Waals surface area contributed by atoms with Crippen molar-refractivity contribution in [3.05, 3.63) is 82.3 Å². The summed E-state index contributed by atoms with van der Waals surface area (Å²) in [5.41, 5.74) is 2.43. The number of nitrogens with zero attached hydrogens (tertiary/aromatic N) is 2. The van der Waals surface area contributed by atoms with Crippen LogP contribution in [0, 0.1) is 6.92 Å². The second-order valence-corrected chi connectivity index (χ2v) is 8.95. The Kier molecular flexibility index (Phi) is 7.29. The van der Waals surface area contributed by atoms with Crippen molar-refractivity contribution in [2.75, 3.05) is 18.1 Å². The highest BCUT2D eigenvalue weighted by molar-refractivity contribution is 7.10. The van der Waals surface area contributed by atoms with Crippen LogP contribution in [0.5, 0.6) is 0 Å². The molecular formula is C25H27N3O3S. The number of carbonyl (C=O) groups excluding carboxylic acids is 2. The lowest BCUT2D eigenvalue weighted by Gasteiger charge is -2.32. The Balaban J connectivity index is 1.69. The summed E-state index contributed by atoms with van der Waals surface area (Å²) in [4.78, 5) is 33.8. The van der Waals surface area contributed by atoms with Gasteiger partial charge in [0.05, 0.1) is 12.5 Å². The van der Waals surface area contributed by atoms with Gasteiger partial charge in [0.1, 0.15) is 6.04 Å². The lowest BCUT2D eigenvalue weighted by atomic mass is 10.0. The van der Waals surface area contributed by atoms with Crippen molar-refractivity contribution < 1.29 is 14.3 Å². The van der Waals surface area contributed by atoms with Crippen LogP contribution in [-0.4, -0.2) is 36.1 Å². The summed E-state index contributed by atoms with van der Waals surface area (Å²) in [5, 5.41) is 4.98. The van der Waals surface area contributed by atoms with Gasteiger partial charge in [-0.25, -0.2) is 0 Å². The zero-order chi connectivity index (χ0) is 22.3. The van der Waals surface area contributed by atoms with Gasteiger partial charge in [0.2, 0.25) is 11.8 Å². The summed E-state index contributed by atoms with van der Waals surface area (Å²) in [6.07, 6.45) is 5.47. The molecule has 7 heteroatoms. The van der Waals surface area contributed by atoms with Gasteiger partial charge in [0.15, 0.2) is 0 Å². The molecule has 0 bridgehead atoms. The van der Waals surface area contributed by atoms with E-state index < -0.39 is 6.04 Å². The second-order valence-electron chi connectivity index (χ2n) is 7.92. The smallest absolute Gasteiger partial charge is 0.247 e. The molecule has 2 amide bonds. The van der Waals surface area contributed by atoms with Gasteiger partial charge in [-0.1, -0.05) is 18.2 Å². The van der Waals surface area contributed by atoms with Gasteiger partial charge >= 0.3 is 0 Å². The summed E-state index contributed by atoms with van der Waals surface area (Å²) in [5.74, 6) is -0.361. The quantitative estimate of drug-likeness (QED) is 0.563. The van der Waals surface area contributed by atoms with Gasteiger partial charge in [-0.15, -0.1) is 11.3 Å². The number of nitrogens with one attached hydrogen (secondary N) is 1. The molecule has 3 aromatic rings. The molecule has 1 fully saturated rings. The highest BCUT2D eigenvalue weighted by Crippen LogP contribution is 2.30. The third-order valence-corrected chi connectivity index (χ3v) is 6.39. The summed E-state index contributed by atoms with van der Waals surface area (Å²) < 4.78 is 5.66. The minimum atomic E-state index is -0.811. The number of thiophene rings is 1. The number of carbonyl (C=O) groups is 2. The molecule has 1 N–H and O–H groups in total. The molecule has 2 atom stereocenters. The monoisotopic (exact) mass is 449 g/mol. The largest absolute Gasteiger partial charge is 0.376 e. The highest BCUT2D eigenvalue weighted by Gasteiger charge is 2.33. The number of benzene rings is 1. The number of anilines is 1. The van der Waals surface area contributed by atoms with E-state index in [-0.39, 0.29) is 24.3 Å². The number of aryl methyl sites for hydroxylation is 1. The summed E-state index contributed by atoms with van der Waals surface area (Å²) in [6, 6.07) is 14.3. The summed E-state index contributed by atoms with van der Waals surface area (Å²) in [6.45, 7) is 3.13. The molecule has 4 rings (SSSR count). The van der Waals surface area contributed by atoms with Crippen LogP contribution in [0.25, 0.3) is 0 Å². The first-order valence-corrected chi connectivity index (χ1v) is 11.7. The Labute approximate surface area is 192 Å². The molecule has 0 unspecified atom stereocenters. The zero-order valence-corrected chi connectivity index (χ0v) is 18.9. The molecule has 0 radical (unpaired) electrons. The minimum Gasteiger partial charge on any atom is -0.376 e. The van der Waals surface area contributed by atoms with Crippen LogP contribution in [0.2, 0.25) is 0 Å². The van der Waals surface area contributed by atoms with Crippen molar-refractivity contribution in [2.45, 2.75) is 38.3 Å². The van der Waals surface area contributed by atoms with Gasteiger partial charge in [-0.3, -0.25) is 19.5 Å². The third kappa shape index (κ3) is 5.41. The second kappa shape index (κ2) is 10.5. The fourth-order valence-electron chi connectivity index (χ4n) is 3.94. The molecule has 3 heterocycles. The van der Waals surface area contributed by atoms with Crippen LogP contribution in [-0.2, 0) is 20.7 Å². The van der Waals surface area contributed by atoms with Crippen molar-refractivity contribution in [1.82, 2.24) is 10.3 Å². The first kappa shape index (κ1) is 22.2.